The number of ether oxygens (including phenoxy) is 1. The number of carbonyl (C=O) groups excluding carboxylic acids is 1. The maximum atomic E-state index is 12.5. The molecule has 0 bridgehead atoms. The summed E-state index contributed by atoms with van der Waals surface area (Å²) < 4.78 is 32.7. The summed E-state index contributed by atoms with van der Waals surface area (Å²) in [7, 11) is -1.87. The second-order valence-electron chi connectivity index (χ2n) is 6.91. The van der Waals surface area contributed by atoms with E-state index in [0.29, 0.717) is 31.5 Å². The molecular formula is C21H26N2O4S. The van der Waals surface area contributed by atoms with Crippen LogP contribution < -0.4 is 14.4 Å². The van der Waals surface area contributed by atoms with E-state index in [0.717, 1.165) is 29.0 Å². The molecule has 28 heavy (non-hydrogen) atoms. The summed E-state index contributed by atoms with van der Waals surface area (Å²) in [5.74, 6) is 0.869. The number of aryl methyl sites for hydroxylation is 2. The number of anilines is 2. The van der Waals surface area contributed by atoms with Gasteiger partial charge in [-0.3, -0.25) is 9.52 Å². The van der Waals surface area contributed by atoms with Crippen molar-refractivity contribution in [3.63, 3.8) is 0 Å². The molecule has 0 aliphatic carbocycles. The number of nitrogens with one attached hydrogen (secondary N) is 1. The molecule has 0 radical (unpaired) electrons. The molecule has 0 saturated heterocycles. The van der Waals surface area contributed by atoms with Crippen LogP contribution in [-0.2, 0) is 27.7 Å². The smallest absolute Gasteiger partial charge is 0.233 e. The maximum absolute atomic E-state index is 12.5. The summed E-state index contributed by atoms with van der Waals surface area (Å²) in [5.41, 5.74) is 3.37. The van der Waals surface area contributed by atoms with Gasteiger partial charge in [-0.2, -0.15) is 0 Å². The van der Waals surface area contributed by atoms with Crippen LogP contribution in [0.15, 0.2) is 42.5 Å². The molecule has 0 atom stereocenters. The third-order valence-electron chi connectivity index (χ3n) is 4.82. The molecule has 1 amide bonds. The molecule has 0 aromatic heterocycles. The average Bonchev–Trinajstić information content (AvgIpc) is 2.69. The first-order valence-corrected chi connectivity index (χ1v) is 11.1. The summed E-state index contributed by atoms with van der Waals surface area (Å²) in [4.78, 5) is 13.9. The van der Waals surface area contributed by atoms with Crippen molar-refractivity contribution in [1.29, 1.82) is 0 Å². The fraction of sp³-hybridized carbons (Fsp3) is 0.381. The number of amides is 1. The van der Waals surface area contributed by atoms with E-state index >= 15 is 0 Å². The predicted octanol–water partition coefficient (Wildman–Crippen LogP) is 3.37. The normalized spacial score (nSPS) is 13.9. The van der Waals surface area contributed by atoms with Crippen LogP contribution >= 0.6 is 0 Å². The second-order valence-corrected chi connectivity index (χ2v) is 8.75. The van der Waals surface area contributed by atoms with Gasteiger partial charge in [-0.05, 0) is 60.7 Å². The second kappa shape index (κ2) is 8.65. The van der Waals surface area contributed by atoms with Crippen LogP contribution in [0.2, 0.25) is 0 Å². The molecule has 0 saturated carbocycles. The lowest BCUT2D eigenvalue weighted by Crippen LogP contribution is -2.35. The molecular weight excluding hydrogens is 376 g/mol. The Kier molecular flexibility index (Phi) is 6.24. The van der Waals surface area contributed by atoms with Crippen LogP contribution in [0.5, 0.6) is 5.75 Å². The number of rotatable bonds is 8. The summed E-state index contributed by atoms with van der Waals surface area (Å²) in [5, 5.41) is 0. The topological polar surface area (TPSA) is 75.7 Å². The van der Waals surface area contributed by atoms with E-state index < -0.39 is 10.0 Å². The highest BCUT2D eigenvalue weighted by Gasteiger charge is 2.24. The third kappa shape index (κ3) is 4.84. The molecule has 7 heteroatoms. The van der Waals surface area contributed by atoms with Gasteiger partial charge in [0.05, 0.1) is 12.9 Å². The van der Waals surface area contributed by atoms with E-state index in [4.69, 9.17) is 4.74 Å². The number of fused-ring (bicyclic) bond motifs is 1. The van der Waals surface area contributed by atoms with Crippen molar-refractivity contribution in [2.45, 2.75) is 32.6 Å². The average molecular weight is 403 g/mol. The molecule has 1 aliphatic rings. The molecule has 1 heterocycles. The van der Waals surface area contributed by atoms with Gasteiger partial charge in [-0.25, -0.2) is 8.42 Å². The van der Waals surface area contributed by atoms with Gasteiger partial charge in [-0.1, -0.05) is 19.1 Å². The van der Waals surface area contributed by atoms with Gasteiger partial charge in [0.25, 0.3) is 0 Å². The Labute approximate surface area is 166 Å². The number of carbonyl (C=O) groups is 1. The van der Waals surface area contributed by atoms with Crippen molar-refractivity contribution in [2.75, 3.05) is 29.0 Å². The standard InChI is InChI=1S/C21H26N2O4S/c1-3-13-23-20-10-7-18(15-17(20)6-11-21(23)24)22-28(25,26)14-12-16-4-8-19(27-2)9-5-16/h4-5,7-10,15,22H,3,6,11-14H2,1-2H3. The zero-order valence-electron chi connectivity index (χ0n) is 16.3. The van der Waals surface area contributed by atoms with Crippen LogP contribution in [0, 0.1) is 0 Å². The Morgan fingerprint density at radius 1 is 1.11 bits per heavy atom. The van der Waals surface area contributed by atoms with Crippen molar-refractivity contribution in [3.8, 4) is 5.75 Å². The molecule has 0 spiro atoms. The summed E-state index contributed by atoms with van der Waals surface area (Å²) in [6.45, 7) is 2.71. The Morgan fingerprint density at radius 3 is 2.54 bits per heavy atom. The molecule has 0 unspecified atom stereocenters. The number of hydrogen-bond acceptors (Lipinski definition) is 4. The van der Waals surface area contributed by atoms with Gasteiger partial charge in [0.1, 0.15) is 5.75 Å². The van der Waals surface area contributed by atoms with Crippen LogP contribution in [0.3, 0.4) is 0 Å². The molecule has 2 aromatic carbocycles. The van der Waals surface area contributed by atoms with Gasteiger partial charge in [0.15, 0.2) is 0 Å². The third-order valence-corrected chi connectivity index (χ3v) is 6.11. The monoisotopic (exact) mass is 402 g/mol. The van der Waals surface area contributed by atoms with Gasteiger partial charge >= 0.3 is 0 Å². The lowest BCUT2D eigenvalue weighted by atomic mass is 10.0. The first-order valence-electron chi connectivity index (χ1n) is 9.48. The highest BCUT2D eigenvalue weighted by atomic mass is 32.2. The van der Waals surface area contributed by atoms with E-state index in [1.54, 1.807) is 18.1 Å². The van der Waals surface area contributed by atoms with Crippen LogP contribution in [0.1, 0.15) is 30.9 Å². The summed E-state index contributed by atoms with van der Waals surface area (Å²) in [6.07, 6.45) is 2.39. The van der Waals surface area contributed by atoms with Crippen LogP contribution in [0.25, 0.3) is 0 Å². The van der Waals surface area contributed by atoms with Crippen molar-refractivity contribution in [3.05, 3.63) is 53.6 Å². The fourth-order valence-corrected chi connectivity index (χ4v) is 4.46. The van der Waals surface area contributed by atoms with Gasteiger partial charge in [-0.15, -0.1) is 0 Å². The summed E-state index contributed by atoms with van der Waals surface area (Å²) in [6, 6.07) is 12.8. The molecule has 2 aromatic rings. The van der Waals surface area contributed by atoms with Gasteiger partial charge < -0.3 is 9.64 Å². The van der Waals surface area contributed by atoms with E-state index in [1.165, 1.54) is 0 Å². The number of sulfonamides is 1. The minimum atomic E-state index is -3.47. The number of methoxy groups -OCH3 is 1. The lowest BCUT2D eigenvalue weighted by Gasteiger charge is -2.29. The highest BCUT2D eigenvalue weighted by Crippen LogP contribution is 2.30. The molecule has 1 N–H and O–H groups in total. The predicted molar refractivity (Wildman–Crippen MR) is 112 cm³/mol. The van der Waals surface area contributed by atoms with Crippen molar-refractivity contribution in [2.24, 2.45) is 0 Å². The molecule has 3 rings (SSSR count). The molecule has 0 fully saturated rings. The van der Waals surface area contributed by atoms with E-state index in [9.17, 15) is 13.2 Å². The van der Waals surface area contributed by atoms with Gasteiger partial charge in [0.2, 0.25) is 15.9 Å². The minimum absolute atomic E-state index is 0.00312. The zero-order chi connectivity index (χ0) is 20.1. The van der Waals surface area contributed by atoms with E-state index in [2.05, 4.69) is 4.72 Å². The Hall–Kier alpha value is -2.54. The Balaban J connectivity index is 1.67. The van der Waals surface area contributed by atoms with Crippen molar-refractivity contribution < 1.29 is 17.9 Å². The quantitative estimate of drug-likeness (QED) is 0.735. The van der Waals surface area contributed by atoms with Crippen LogP contribution in [0.4, 0.5) is 11.4 Å². The van der Waals surface area contributed by atoms with Gasteiger partial charge in [0, 0.05) is 24.3 Å². The highest BCUT2D eigenvalue weighted by molar-refractivity contribution is 7.92. The number of hydrogen-bond donors (Lipinski definition) is 1. The Bertz CT molecular complexity index is 939. The molecule has 6 nitrogen and oxygen atoms in total. The summed E-state index contributed by atoms with van der Waals surface area (Å²) >= 11 is 0. The van der Waals surface area contributed by atoms with E-state index in [1.807, 2.05) is 43.3 Å². The van der Waals surface area contributed by atoms with Crippen LogP contribution in [-0.4, -0.2) is 33.7 Å². The fourth-order valence-electron chi connectivity index (χ4n) is 3.37. The minimum Gasteiger partial charge on any atom is -0.497 e. The van der Waals surface area contributed by atoms with Crippen molar-refractivity contribution in [1.82, 2.24) is 0 Å². The molecule has 150 valence electrons. The lowest BCUT2D eigenvalue weighted by molar-refractivity contribution is -0.118. The van der Waals surface area contributed by atoms with E-state index in [-0.39, 0.29) is 11.7 Å². The largest absolute Gasteiger partial charge is 0.497 e. The zero-order valence-corrected chi connectivity index (χ0v) is 17.1. The van der Waals surface area contributed by atoms with Crippen molar-refractivity contribution >= 4 is 27.3 Å². The SMILES string of the molecule is CCCN1C(=O)CCc2cc(NS(=O)(=O)CCc3ccc(OC)cc3)ccc21. The number of nitrogens with zero attached hydrogens (tertiary/aromatic N) is 1. The first-order chi connectivity index (χ1) is 13.4. The Morgan fingerprint density at radius 2 is 1.86 bits per heavy atom. The maximum Gasteiger partial charge on any atom is 0.233 e. The molecule has 1 aliphatic heterocycles. The first kappa shape index (κ1) is 20.2. The number of benzene rings is 2.